The second-order valence-electron chi connectivity index (χ2n) is 6.21. The van der Waals surface area contributed by atoms with Crippen molar-refractivity contribution in [1.29, 1.82) is 0 Å². The topological polar surface area (TPSA) is 30.0 Å². The van der Waals surface area contributed by atoms with Crippen LogP contribution in [0.1, 0.15) is 30.4 Å². The monoisotopic (exact) mass is 343 g/mol. The van der Waals surface area contributed by atoms with Crippen LogP contribution in [0.15, 0.2) is 65.7 Å². The average Bonchev–Trinajstić information content (AvgIpc) is 2.59. The Morgan fingerprint density at radius 2 is 1.80 bits per heavy atom. The quantitative estimate of drug-likeness (QED) is 0.481. The molecule has 1 fully saturated rings. The van der Waals surface area contributed by atoms with E-state index in [9.17, 15) is 4.79 Å². The molecule has 0 bridgehead atoms. The first-order valence-corrected chi connectivity index (χ1v) is 9.29. The molecule has 0 radical (unpaired) electrons. The molecule has 4 rings (SSSR count). The van der Waals surface area contributed by atoms with Crippen LogP contribution in [0.3, 0.4) is 0 Å². The summed E-state index contributed by atoms with van der Waals surface area (Å²) in [6.07, 6.45) is 5.01. The fraction of sp³-hybridized carbons (Fsp3) is 0.182. The largest absolute Gasteiger partial charge is 0.287 e. The highest BCUT2D eigenvalue weighted by Crippen LogP contribution is 2.36. The van der Waals surface area contributed by atoms with Gasteiger partial charge >= 0.3 is 0 Å². The van der Waals surface area contributed by atoms with E-state index in [0.717, 1.165) is 39.8 Å². The van der Waals surface area contributed by atoms with Gasteiger partial charge in [-0.05, 0) is 49.2 Å². The number of pyridine rings is 1. The number of thioether (sulfide) groups is 1. The van der Waals surface area contributed by atoms with Gasteiger partial charge in [0, 0.05) is 33.5 Å². The Morgan fingerprint density at radius 3 is 2.56 bits per heavy atom. The first kappa shape index (κ1) is 15.9. The van der Waals surface area contributed by atoms with Crippen LogP contribution in [0.25, 0.3) is 10.9 Å². The smallest absolute Gasteiger partial charge is 0.196 e. The molecule has 2 nitrogen and oxygen atoms in total. The Morgan fingerprint density at radius 1 is 1.00 bits per heavy atom. The average molecular weight is 343 g/mol. The third kappa shape index (κ3) is 3.60. The highest BCUT2D eigenvalue weighted by molar-refractivity contribution is 8.13. The van der Waals surface area contributed by atoms with Crippen molar-refractivity contribution >= 4 is 27.8 Å². The van der Waals surface area contributed by atoms with Crippen LogP contribution in [-0.2, 0) is 4.79 Å². The van der Waals surface area contributed by atoms with Crippen molar-refractivity contribution in [3.05, 3.63) is 71.9 Å². The second kappa shape index (κ2) is 7.13. The molecule has 0 spiro atoms. The van der Waals surface area contributed by atoms with Gasteiger partial charge in [0.2, 0.25) is 0 Å². The number of rotatable bonds is 2. The van der Waals surface area contributed by atoms with Crippen LogP contribution >= 0.6 is 11.8 Å². The van der Waals surface area contributed by atoms with Crippen molar-refractivity contribution in [2.24, 2.45) is 5.92 Å². The second-order valence-corrected chi connectivity index (χ2v) is 7.25. The molecule has 3 aromatic rings. The predicted octanol–water partition coefficient (Wildman–Crippen LogP) is 5.05. The van der Waals surface area contributed by atoms with Crippen molar-refractivity contribution < 1.29 is 4.79 Å². The molecule has 1 saturated carbocycles. The summed E-state index contributed by atoms with van der Waals surface area (Å²) in [6.45, 7) is 0. The van der Waals surface area contributed by atoms with E-state index in [1.165, 1.54) is 18.2 Å². The number of carbonyl (C=O) groups excluding carboxylic acids is 1. The minimum atomic E-state index is 0.231. The molecular formula is C22H17NOS. The third-order valence-corrected chi connectivity index (χ3v) is 5.59. The summed E-state index contributed by atoms with van der Waals surface area (Å²) in [7, 11) is 0. The van der Waals surface area contributed by atoms with Crippen molar-refractivity contribution in [2.75, 3.05) is 0 Å². The standard InChI is InChI=1S/C22H17NOS/c24-22(18-7-4-8-18)25-21-13-14-23-20-12-11-17(15-19(20)21)10-9-16-5-2-1-3-6-16/h1-3,5-6,11-15,18H,4,7-8H2. The van der Waals surface area contributed by atoms with E-state index in [0.29, 0.717) is 0 Å². The van der Waals surface area contributed by atoms with Gasteiger partial charge in [-0.2, -0.15) is 0 Å². The van der Waals surface area contributed by atoms with Crippen LogP contribution in [0.2, 0.25) is 0 Å². The SMILES string of the molecule is O=C(Sc1ccnc2ccc(C#Cc3ccccc3)cc12)C1CCC1. The zero-order valence-corrected chi connectivity index (χ0v) is 14.6. The Bertz CT molecular complexity index is 981. The molecule has 0 saturated heterocycles. The van der Waals surface area contributed by atoms with Gasteiger partial charge in [-0.1, -0.05) is 48.2 Å². The number of aromatic nitrogens is 1. The lowest BCUT2D eigenvalue weighted by molar-refractivity contribution is -0.116. The number of benzene rings is 2. The Hall–Kier alpha value is -2.57. The van der Waals surface area contributed by atoms with Gasteiger partial charge in [-0.25, -0.2) is 0 Å². The first-order valence-electron chi connectivity index (χ1n) is 8.47. The molecule has 1 aromatic heterocycles. The third-order valence-electron chi connectivity index (χ3n) is 4.48. The molecule has 1 aliphatic rings. The van der Waals surface area contributed by atoms with E-state index in [4.69, 9.17) is 0 Å². The molecular weight excluding hydrogens is 326 g/mol. The minimum Gasteiger partial charge on any atom is -0.287 e. The fourth-order valence-electron chi connectivity index (χ4n) is 2.79. The Kier molecular flexibility index (Phi) is 4.54. The Balaban J connectivity index is 1.65. The highest BCUT2D eigenvalue weighted by atomic mass is 32.2. The van der Waals surface area contributed by atoms with Crippen molar-refractivity contribution in [2.45, 2.75) is 24.2 Å². The van der Waals surface area contributed by atoms with Crippen molar-refractivity contribution in [1.82, 2.24) is 4.98 Å². The van der Waals surface area contributed by atoms with Crippen LogP contribution in [-0.4, -0.2) is 10.1 Å². The molecule has 2 aromatic carbocycles. The van der Waals surface area contributed by atoms with E-state index >= 15 is 0 Å². The molecule has 0 N–H and O–H groups in total. The van der Waals surface area contributed by atoms with Gasteiger partial charge in [-0.3, -0.25) is 9.78 Å². The maximum atomic E-state index is 12.3. The van der Waals surface area contributed by atoms with E-state index in [-0.39, 0.29) is 11.0 Å². The molecule has 0 amide bonds. The zero-order chi connectivity index (χ0) is 17.1. The summed E-state index contributed by atoms with van der Waals surface area (Å²) in [4.78, 5) is 17.7. The number of hydrogen-bond donors (Lipinski definition) is 0. The van der Waals surface area contributed by atoms with Crippen molar-refractivity contribution in [3.63, 3.8) is 0 Å². The fourth-order valence-corrected chi connectivity index (χ4v) is 3.81. The normalized spacial score (nSPS) is 13.8. The van der Waals surface area contributed by atoms with Crippen LogP contribution in [0.4, 0.5) is 0 Å². The van der Waals surface area contributed by atoms with Gasteiger partial charge in [0.15, 0.2) is 5.12 Å². The maximum Gasteiger partial charge on any atom is 0.196 e. The maximum absolute atomic E-state index is 12.3. The molecule has 122 valence electrons. The molecule has 0 atom stereocenters. The van der Waals surface area contributed by atoms with Crippen LogP contribution < -0.4 is 0 Å². The summed E-state index contributed by atoms with van der Waals surface area (Å²) in [5, 5.41) is 1.28. The molecule has 3 heteroatoms. The molecule has 1 aliphatic carbocycles. The van der Waals surface area contributed by atoms with Gasteiger partial charge < -0.3 is 0 Å². The van der Waals surface area contributed by atoms with Crippen LogP contribution in [0, 0.1) is 17.8 Å². The Labute approximate surface area is 151 Å². The van der Waals surface area contributed by atoms with E-state index in [1.54, 1.807) is 6.20 Å². The van der Waals surface area contributed by atoms with Gasteiger partial charge in [0.05, 0.1) is 5.52 Å². The van der Waals surface area contributed by atoms with Crippen LogP contribution in [0.5, 0.6) is 0 Å². The first-order chi connectivity index (χ1) is 12.3. The summed E-state index contributed by atoms with van der Waals surface area (Å²) in [5.74, 6) is 6.62. The molecule has 0 unspecified atom stereocenters. The summed E-state index contributed by atoms with van der Waals surface area (Å²) in [6, 6.07) is 17.9. The number of hydrogen-bond acceptors (Lipinski definition) is 3. The van der Waals surface area contributed by atoms with Gasteiger partial charge in [-0.15, -0.1) is 0 Å². The molecule has 1 heterocycles. The van der Waals surface area contributed by atoms with Gasteiger partial charge in [0.25, 0.3) is 0 Å². The van der Waals surface area contributed by atoms with E-state index in [1.807, 2.05) is 54.6 Å². The minimum absolute atomic E-state index is 0.231. The lowest BCUT2D eigenvalue weighted by Gasteiger charge is -2.23. The lowest BCUT2D eigenvalue weighted by Crippen LogP contribution is -2.18. The predicted molar refractivity (Wildman–Crippen MR) is 102 cm³/mol. The number of nitrogens with zero attached hydrogens (tertiary/aromatic N) is 1. The summed E-state index contributed by atoms with van der Waals surface area (Å²) in [5.41, 5.74) is 2.82. The number of carbonyl (C=O) groups is 1. The number of fused-ring (bicyclic) bond motifs is 1. The van der Waals surface area contributed by atoms with E-state index < -0.39 is 0 Å². The van der Waals surface area contributed by atoms with E-state index in [2.05, 4.69) is 16.8 Å². The highest BCUT2D eigenvalue weighted by Gasteiger charge is 2.26. The zero-order valence-electron chi connectivity index (χ0n) is 13.7. The van der Waals surface area contributed by atoms with Gasteiger partial charge in [0.1, 0.15) is 0 Å². The molecule has 0 aliphatic heterocycles. The molecule has 25 heavy (non-hydrogen) atoms. The van der Waals surface area contributed by atoms with Crippen molar-refractivity contribution in [3.8, 4) is 11.8 Å². The lowest BCUT2D eigenvalue weighted by atomic mass is 9.87. The summed E-state index contributed by atoms with van der Waals surface area (Å²) < 4.78 is 0. The summed E-state index contributed by atoms with van der Waals surface area (Å²) >= 11 is 1.35.